The quantitative estimate of drug-likeness (QED) is 0.377. The first kappa shape index (κ1) is 26.6. The summed E-state index contributed by atoms with van der Waals surface area (Å²) >= 11 is 0. The number of nitrogens with zero attached hydrogens (tertiary/aromatic N) is 1. The number of halogens is 1. The van der Waals surface area contributed by atoms with E-state index in [1.807, 2.05) is 0 Å². The highest BCUT2D eigenvalue weighted by Crippen LogP contribution is 2.44. The molecule has 0 radical (unpaired) electrons. The third-order valence-electron chi connectivity index (χ3n) is 6.15. The first-order valence-corrected chi connectivity index (χ1v) is 11.3. The molecule has 0 saturated carbocycles. The van der Waals surface area contributed by atoms with Gasteiger partial charge in [0.1, 0.15) is 11.6 Å². The number of hydrogen-bond acceptors (Lipinski definition) is 7. The molecule has 3 rings (SSSR count). The summed E-state index contributed by atoms with van der Waals surface area (Å²) in [5.41, 5.74) is 1.95. The van der Waals surface area contributed by atoms with E-state index in [1.54, 1.807) is 36.9 Å². The lowest BCUT2D eigenvalue weighted by molar-refractivity contribution is -0.136. The molecular formula is C27H30FNO7. The largest absolute Gasteiger partial charge is 0.494 e. The Morgan fingerprint density at radius 2 is 1.58 bits per heavy atom. The summed E-state index contributed by atoms with van der Waals surface area (Å²) in [7, 11) is 4.26. The second-order valence-corrected chi connectivity index (χ2v) is 8.15. The molecule has 192 valence electrons. The lowest BCUT2D eigenvalue weighted by Crippen LogP contribution is -2.35. The predicted molar refractivity (Wildman–Crippen MR) is 131 cm³/mol. The third kappa shape index (κ3) is 5.45. The molecule has 0 spiro atoms. The summed E-state index contributed by atoms with van der Waals surface area (Å²) in [4.78, 5) is 27.3. The number of benzene rings is 2. The zero-order valence-corrected chi connectivity index (χ0v) is 21.0. The fourth-order valence-corrected chi connectivity index (χ4v) is 4.40. The number of carbonyl (C=O) groups is 2. The second-order valence-electron chi connectivity index (χ2n) is 8.15. The predicted octanol–water partition coefficient (Wildman–Crippen LogP) is 4.52. The van der Waals surface area contributed by atoms with Gasteiger partial charge in [0.05, 0.1) is 45.0 Å². The Balaban J connectivity index is 1.96. The van der Waals surface area contributed by atoms with Gasteiger partial charge < -0.3 is 29.0 Å². The zero-order valence-electron chi connectivity index (χ0n) is 21.0. The molecule has 0 saturated heterocycles. The number of aliphatic carboxylic acids is 1. The number of carboxylic acids is 1. The van der Waals surface area contributed by atoms with Gasteiger partial charge in [-0.15, -0.1) is 0 Å². The van der Waals surface area contributed by atoms with Gasteiger partial charge in [0.2, 0.25) is 0 Å². The molecule has 1 atom stereocenters. The maximum absolute atomic E-state index is 13.1. The molecule has 1 aliphatic heterocycles. The van der Waals surface area contributed by atoms with E-state index in [-0.39, 0.29) is 17.0 Å². The van der Waals surface area contributed by atoms with E-state index < -0.39 is 17.9 Å². The second kappa shape index (κ2) is 11.6. The fraction of sp³-hybridized carbons (Fsp3) is 0.333. The van der Waals surface area contributed by atoms with Crippen LogP contribution in [0, 0.1) is 5.82 Å². The molecule has 1 aliphatic rings. The number of allylic oxidation sites excluding steroid dienone is 2. The number of methoxy groups -OCH3 is 3. The van der Waals surface area contributed by atoms with Gasteiger partial charge in [-0.1, -0.05) is 6.07 Å². The number of carboxylic acid groups (broad SMARTS) is 1. The number of carbonyl (C=O) groups excluding carboxylic acids is 1. The maximum Gasteiger partial charge on any atom is 0.336 e. The van der Waals surface area contributed by atoms with Crippen LogP contribution in [0.4, 0.5) is 4.39 Å². The molecule has 1 heterocycles. The minimum Gasteiger partial charge on any atom is -0.494 e. The van der Waals surface area contributed by atoms with E-state index in [1.165, 1.54) is 45.6 Å². The molecule has 2 aromatic rings. The van der Waals surface area contributed by atoms with Gasteiger partial charge in [-0.05, 0) is 62.2 Å². The van der Waals surface area contributed by atoms with Crippen molar-refractivity contribution >= 4 is 11.9 Å². The maximum atomic E-state index is 13.1. The van der Waals surface area contributed by atoms with Crippen molar-refractivity contribution in [2.24, 2.45) is 0 Å². The summed E-state index contributed by atoms with van der Waals surface area (Å²) in [5.74, 6) is -1.55. The van der Waals surface area contributed by atoms with Gasteiger partial charge in [0.25, 0.3) is 0 Å². The Bertz CT molecular complexity index is 1190. The molecule has 0 aromatic heterocycles. The lowest BCUT2D eigenvalue weighted by Gasteiger charge is -2.37. The van der Waals surface area contributed by atoms with Crippen LogP contribution in [-0.4, -0.2) is 56.4 Å². The van der Waals surface area contributed by atoms with Gasteiger partial charge in [-0.3, -0.25) is 0 Å². The summed E-state index contributed by atoms with van der Waals surface area (Å²) in [6.45, 7) is 4.20. The SMILES string of the molecule is COC(=O)C1=C(C)N(CCCOc2ccc(F)cc2)C(C)=C(C(=O)O)C1c1ccc(OC)c(OC)c1. The highest BCUT2D eigenvalue weighted by atomic mass is 19.1. The van der Waals surface area contributed by atoms with E-state index >= 15 is 0 Å². The number of esters is 1. The van der Waals surface area contributed by atoms with Crippen molar-refractivity contribution in [1.82, 2.24) is 4.90 Å². The Hall–Kier alpha value is -4.01. The normalized spacial score (nSPS) is 15.6. The Labute approximate surface area is 209 Å². The minimum absolute atomic E-state index is 0.0627. The highest BCUT2D eigenvalue weighted by Gasteiger charge is 2.40. The molecule has 9 heteroatoms. The van der Waals surface area contributed by atoms with Crippen molar-refractivity contribution in [3.05, 3.63) is 76.4 Å². The van der Waals surface area contributed by atoms with Gasteiger partial charge in [0, 0.05) is 17.9 Å². The highest BCUT2D eigenvalue weighted by molar-refractivity contribution is 5.99. The van der Waals surface area contributed by atoms with Crippen LogP contribution in [0.2, 0.25) is 0 Å². The van der Waals surface area contributed by atoms with Crippen LogP contribution in [0.1, 0.15) is 31.7 Å². The van der Waals surface area contributed by atoms with Gasteiger partial charge in [-0.25, -0.2) is 14.0 Å². The molecule has 8 nitrogen and oxygen atoms in total. The first-order valence-electron chi connectivity index (χ1n) is 11.3. The Kier molecular flexibility index (Phi) is 8.58. The fourth-order valence-electron chi connectivity index (χ4n) is 4.40. The number of ether oxygens (including phenoxy) is 4. The summed E-state index contributed by atoms with van der Waals surface area (Å²) in [5, 5.41) is 10.2. The average Bonchev–Trinajstić information content (AvgIpc) is 2.87. The standard InChI is InChI=1S/C27H30FNO7/c1-16-23(26(30)31)25(18-7-12-21(33-3)22(15-18)34-4)24(27(32)35-5)17(2)29(16)13-6-14-36-20-10-8-19(28)9-11-20/h7-12,15,25H,6,13-14H2,1-5H3,(H,30,31). The lowest BCUT2D eigenvalue weighted by atomic mass is 9.79. The molecule has 1 unspecified atom stereocenters. The van der Waals surface area contributed by atoms with Crippen LogP contribution in [0.25, 0.3) is 0 Å². The molecule has 1 N–H and O–H groups in total. The monoisotopic (exact) mass is 499 g/mol. The van der Waals surface area contributed by atoms with E-state index in [2.05, 4.69) is 0 Å². The van der Waals surface area contributed by atoms with Crippen molar-refractivity contribution in [3.63, 3.8) is 0 Å². The molecule has 2 aromatic carbocycles. The third-order valence-corrected chi connectivity index (χ3v) is 6.15. The van der Waals surface area contributed by atoms with Crippen LogP contribution in [0.3, 0.4) is 0 Å². The number of hydrogen-bond donors (Lipinski definition) is 1. The van der Waals surface area contributed by atoms with E-state index in [0.29, 0.717) is 53.8 Å². The first-order chi connectivity index (χ1) is 17.2. The van der Waals surface area contributed by atoms with Crippen LogP contribution in [0.15, 0.2) is 65.0 Å². The topological polar surface area (TPSA) is 94.5 Å². The van der Waals surface area contributed by atoms with Crippen LogP contribution < -0.4 is 14.2 Å². The number of rotatable bonds is 10. The minimum atomic E-state index is -1.14. The summed E-state index contributed by atoms with van der Waals surface area (Å²) < 4.78 is 34.5. The van der Waals surface area contributed by atoms with Crippen molar-refractivity contribution in [3.8, 4) is 17.2 Å². The van der Waals surface area contributed by atoms with Gasteiger partial charge in [-0.2, -0.15) is 0 Å². The van der Waals surface area contributed by atoms with E-state index in [4.69, 9.17) is 18.9 Å². The summed E-state index contributed by atoms with van der Waals surface area (Å²) in [6.07, 6.45) is 0.522. The van der Waals surface area contributed by atoms with Gasteiger partial charge in [0.15, 0.2) is 11.5 Å². The van der Waals surface area contributed by atoms with Gasteiger partial charge >= 0.3 is 11.9 Å². The molecule has 36 heavy (non-hydrogen) atoms. The molecule has 0 fully saturated rings. The van der Waals surface area contributed by atoms with Crippen LogP contribution in [-0.2, 0) is 14.3 Å². The molecule has 0 aliphatic carbocycles. The van der Waals surface area contributed by atoms with E-state index in [0.717, 1.165) is 0 Å². The van der Waals surface area contributed by atoms with Crippen LogP contribution in [0.5, 0.6) is 17.2 Å². The van der Waals surface area contributed by atoms with Crippen molar-refractivity contribution in [2.75, 3.05) is 34.5 Å². The van der Waals surface area contributed by atoms with Crippen molar-refractivity contribution < 1.29 is 38.0 Å². The summed E-state index contributed by atoms with van der Waals surface area (Å²) in [6, 6.07) is 10.8. The molecule has 0 amide bonds. The van der Waals surface area contributed by atoms with Crippen molar-refractivity contribution in [2.45, 2.75) is 26.2 Å². The molecular weight excluding hydrogens is 469 g/mol. The zero-order chi connectivity index (χ0) is 26.4. The van der Waals surface area contributed by atoms with Crippen molar-refractivity contribution in [1.29, 1.82) is 0 Å². The van der Waals surface area contributed by atoms with E-state index in [9.17, 15) is 19.1 Å². The Morgan fingerprint density at radius 3 is 2.17 bits per heavy atom. The Morgan fingerprint density at radius 1 is 0.944 bits per heavy atom. The van der Waals surface area contributed by atoms with Crippen LogP contribution >= 0.6 is 0 Å². The average molecular weight is 500 g/mol. The smallest absolute Gasteiger partial charge is 0.336 e. The molecule has 0 bridgehead atoms.